The first-order valence-electron chi connectivity index (χ1n) is 7.31. The van der Waals surface area contributed by atoms with E-state index in [1.54, 1.807) is 7.05 Å². The summed E-state index contributed by atoms with van der Waals surface area (Å²) in [5.74, 6) is -0.0324. The number of aromatic nitrogens is 2. The molecule has 0 radical (unpaired) electrons. The van der Waals surface area contributed by atoms with Gasteiger partial charge >= 0.3 is 0 Å². The van der Waals surface area contributed by atoms with Gasteiger partial charge in [0, 0.05) is 23.6 Å². The second-order valence-corrected chi connectivity index (χ2v) is 3.86. The molecule has 0 aliphatic carbocycles. The smallest absolute Gasteiger partial charge is 0.259 e. The molecule has 1 aliphatic rings. The zero-order valence-corrected chi connectivity index (χ0v) is 9.56. The van der Waals surface area contributed by atoms with Crippen molar-refractivity contribution in [2.75, 3.05) is 17.3 Å². The van der Waals surface area contributed by atoms with Gasteiger partial charge in [-0.3, -0.25) is 4.79 Å². The van der Waals surface area contributed by atoms with Crippen molar-refractivity contribution in [2.24, 2.45) is 0 Å². The summed E-state index contributed by atoms with van der Waals surface area (Å²) in [6.45, 7) is -2.39. The van der Waals surface area contributed by atoms with Crippen molar-refractivity contribution in [1.29, 1.82) is 0 Å². The second kappa shape index (κ2) is 3.80. The van der Waals surface area contributed by atoms with Crippen molar-refractivity contribution < 1.29 is 10.3 Å². The third kappa shape index (κ3) is 1.44. The standard InChI is InChI=1S/C13H12N4O/c1-8-5-7-15-12-10(8)16-13(18)9-4-3-6-14-11(9)17(12)2/h3-7H,1-2H3,(H,16,18)/i1D3,4D. The average molecular weight is 244 g/mol. The van der Waals surface area contributed by atoms with Crippen molar-refractivity contribution >= 4 is 23.2 Å². The summed E-state index contributed by atoms with van der Waals surface area (Å²) in [5.41, 5.74) is 0.198. The van der Waals surface area contributed by atoms with Gasteiger partial charge in [0.05, 0.1) is 12.6 Å². The summed E-state index contributed by atoms with van der Waals surface area (Å²) >= 11 is 0. The van der Waals surface area contributed by atoms with Crippen LogP contribution in [-0.2, 0) is 0 Å². The quantitative estimate of drug-likeness (QED) is 0.771. The first kappa shape index (κ1) is 7.10. The first-order valence-corrected chi connectivity index (χ1v) is 5.31. The number of pyridine rings is 2. The van der Waals surface area contributed by atoms with Crippen LogP contribution in [0.3, 0.4) is 0 Å². The highest BCUT2D eigenvalue weighted by atomic mass is 16.1. The minimum absolute atomic E-state index is 0.00274. The van der Waals surface area contributed by atoms with Crippen LogP contribution in [-0.4, -0.2) is 22.9 Å². The van der Waals surface area contributed by atoms with Crippen LogP contribution in [0.5, 0.6) is 0 Å². The van der Waals surface area contributed by atoms with E-state index in [0.717, 1.165) is 0 Å². The largest absolute Gasteiger partial charge is 0.318 e. The van der Waals surface area contributed by atoms with Crippen LogP contribution in [0.25, 0.3) is 0 Å². The van der Waals surface area contributed by atoms with E-state index in [0.29, 0.717) is 0 Å². The third-order valence-corrected chi connectivity index (χ3v) is 2.75. The molecular formula is C13H12N4O. The van der Waals surface area contributed by atoms with Gasteiger partial charge in [0.2, 0.25) is 0 Å². The van der Waals surface area contributed by atoms with Gasteiger partial charge in [-0.05, 0) is 30.6 Å². The van der Waals surface area contributed by atoms with Crippen LogP contribution in [0.2, 0.25) is 0 Å². The fourth-order valence-electron chi connectivity index (χ4n) is 1.88. The summed E-state index contributed by atoms with van der Waals surface area (Å²) in [6.07, 6.45) is 2.79. The van der Waals surface area contributed by atoms with E-state index in [4.69, 9.17) is 5.48 Å². The Morgan fingerprint density at radius 2 is 2.22 bits per heavy atom. The van der Waals surface area contributed by atoms with Gasteiger partial charge in [0.25, 0.3) is 5.91 Å². The number of rotatable bonds is 0. The van der Waals surface area contributed by atoms with Gasteiger partial charge < -0.3 is 10.2 Å². The second-order valence-electron chi connectivity index (χ2n) is 3.86. The molecule has 0 atom stereocenters. The predicted molar refractivity (Wildman–Crippen MR) is 69.2 cm³/mol. The maximum Gasteiger partial charge on any atom is 0.259 e. The van der Waals surface area contributed by atoms with E-state index in [-0.39, 0.29) is 34.5 Å². The van der Waals surface area contributed by atoms with Gasteiger partial charge in [-0.15, -0.1) is 0 Å². The molecule has 2 aromatic heterocycles. The van der Waals surface area contributed by atoms with Crippen LogP contribution in [0, 0.1) is 6.85 Å². The lowest BCUT2D eigenvalue weighted by molar-refractivity contribution is 0.102. The fourth-order valence-corrected chi connectivity index (χ4v) is 1.88. The molecule has 3 rings (SSSR count). The van der Waals surface area contributed by atoms with Gasteiger partial charge in [-0.1, -0.05) is 0 Å². The molecule has 18 heavy (non-hydrogen) atoms. The number of nitrogens with one attached hydrogen (secondary N) is 1. The van der Waals surface area contributed by atoms with Crippen LogP contribution >= 0.6 is 0 Å². The number of fused-ring (bicyclic) bond motifs is 2. The molecule has 0 bridgehead atoms. The summed E-state index contributed by atoms with van der Waals surface area (Å²) in [4.78, 5) is 22.2. The van der Waals surface area contributed by atoms with E-state index in [9.17, 15) is 4.79 Å². The molecule has 5 nitrogen and oxygen atoms in total. The molecule has 5 heteroatoms. The van der Waals surface area contributed by atoms with Crippen molar-refractivity contribution in [3.8, 4) is 0 Å². The molecule has 1 N–H and O–H groups in total. The molecule has 0 fully saturated rings. The van der Waals surface area contributed by atoms with E-state index in [2.05, 4.69) is 15.3 Å². The summed E-state index contributed by atoms with van der Waals surface area (Å²) in [7, 11) is 1.63. The van der Waals surface area contributed by atoms with Gasteiger partial charge in [0.15, 0.2) is 5.82 Å². The molecule has 3 heterocycles. The van der Waals surface area contributed by atoms with Crippen molar-refractivity contribution in [2.45, 2.75) is 6.85 Å². The predicted octanol–water partition coefficient (Wildman–Crippen LogP) is 2.12. The molecule has 0 unspecified atom stereocenters. The number of hydrogen-bond donors (Lipinski definition) is 1. The molecule has 0 saturated heterocycles. The molecule has 0 spiro atoms. The number of carbonyl (C=O) groups excluding carboxylic acids is 1. The molecular weight excluding hydrogens is 228 g/mol. The van der Waals surface area contributed by atoms with Crippen LogP contribution in [0.1, 0.15) is 21.4 Å². The van der Waals surface area contributed by atoms with Gasteiger partial charge in [-0.2, -0.15) is 0 Å². The molecule has 2 aromatic rings. The van der Waals surface area contributed by atoms with E-state index in [1.165, 1.54) is 29.4 Å². The van der Waals surface area contributed by atoms with E-state index < -0.39 is 12.8 Å². The summed E-state index contributed by atoms with van der Waals surface area (Å²) < 4.78 is 30.7. The maximum atomic E-state index is 12.4. The van der Waals surface area contributed by atoms with E-state index >= 15 is 0 Å². The Labute approximate surface area is 110 Å². The Bertz CT molecular complexity index is 775. The lowest BCUT2D eigenvalue weighted by Crippen LogP contribution is -2.14. The minimum atomic E-state index is -2.39. The molecule has 0 aromatic carbocycles. The normalized spacial score (nSPS) is 17.4. The molecule has 1 aliphatic heterocycles. The van der Waals surface area contributed by atoms with Crippen molar-refractivity contribution in [3.63, 3.8) is 0 Å². The van der Waals surface area contributed by atoms with Gasteiger partial charge in [-0.25, -0.2) is 9.97 Å². The zero-order valence-electron chi connectivity index (χ0n) is 13.6. The number of hydrogen-bond acceptors (Lipinski definition) is 4. The Morgan fingerprint density at radius 3 is 3.06 bits per heavy atom. The first-order chi connectivity index (χ1) is 10.3. The molecule has 1 amide bonds. The Morgan fingerprint density at radius 1 is 1.39 bits per heavy atom. The number of anilines is 3. The van der Waals surface area contributed by atoms with Crippen LogP contribution in [0.4, 0.5) is 17.3 Å². The monoisotopic (exact) mass is 244 g/mol. The zero-order chi connectivity index (χ0) is 16.1. The minimum Gasteiger partial charge on any atom is -0.318 e. The number of aryl methyl sites for hydroxylation is 1. The maximum absolute atomic E-state index is 12.4. The Hall–Kier alpha value is -2.43. The Kier molecular flexibility index (Phi) is 1.50. The number of amides is 1. The van der Waals surface area contributed by atoms with Crippen molar-refractivity contribution in [3.05, 3.63) is 41.7 Å². The highest BCUT2D eigenvalue weighted by Gasteiger charge is 2.25. The molecule has 90 valence electrons. The number of nitrogens with zero attached hydrogens (tertiary/aromatic N) is 3. The average Bonchev–Trinajstić information content (AvgIpc) is 2.55. The third-order valence-electron chi connectivity index (χ3n) is 2.75. The lowest BCUT2D eigenvalue weighted by atomic mass is 10.2. The fraction of sp³-hybridized carbons (Fsp3) is 0.154. The Balaban J connectivity index is 2.29. The SMILES string of the molecule is [2H]c1ccnc2c1C(=O)Nc1c(C([2H])([2H])[2H])ccnc1N2C. The highest BCUT2D eigenvalue weighted by Crippen LogP contribution is 2.35. The van der Waals surface area contributed by atoms with Crippen LogP contribution in [0.15, 0.2) is 30.6 Å². The topological polar surface area (TPSA) is 58.1 Å². The van der Waals surface area contributed by atoms with E-state index in [1.807, 2.05) is 0 Å². The van der Waals surface area contributed by atoms with Gasteiger partial charge in [0.1, 0.15) is 5.82 Å². The van der Waals surface area contributed by atoms with Crippen LogP contribution < -0.4 is 10.2 Å². The van der Waals surface area contributed by atoms with Crippen molar-refractivity contribution in [1.82, 2.24) is 9.97 Å². The molecule has 0 saturated carbocycles. The summed E-state index contributed by atoms with van der Waals surface area (Å²) in [6, 6.07) is 2.77. The summed E-state index contributed by atoms with van der Waals surface area (Å²) in [5, 5.41) is 2.56. The number of carbonyl (C=O) groups is 1. The highest BCUT2D eigenvalue weighted by molar-refractivity contribution is 6.11. The lowest BCUT2D eigenvalue weighted by Gasteiger charge is -2.18.